The van der Waals surface area contributed by atoms with Gasteiger partial charge in [0.2, 0.25) is 0 Å². The van der Waals surface area contributed by atoms with Crippen molar-refractivity contribution in [1.82, 2.24) is 15.1 Å². The summed E-state index contributed by atoms with van der Waals surface area (Å²) in [4.78, 5) is 4.13. The zero-order valence-corrected chi connectivity index (χ0v) is 15.0. The number of allylic oxidation sites excluding steroid dienone is 2. The van der Waals surface area contributed by atoms with Crippen LogP contribution in [0.4, 0.5) is 0 Å². The first-order valence-electron chi connectivity index (χ1n) is 8.33. The fraction of sp³-hybridized carbons (Fsp3) is 0.316. The predicted octanol–water partition coefficient (Wildman–Crippen LogP) is 3.18. The molecule has 5 nitrogen and oxygen atoms in total. The molecule has 0 aliphatic carbocycles. The van der Waals surface area contributed by atoms with Crippen LogP contribution in [0, 0.1) is 5.41 Å². The Kier molecular flexibility index (Phi) is 5.46. The third-order valence-electron chi connectivity index (χ3n) is 4.45. The molecule has 6 heteroatoms. The molecule has 132 valence electrons. The number of nitrogens with one attached hydrogen (secondary N) is 2. The minimum absolute atomic E-state index is 0.0654. The molecule has 3 rings (SSSR count). The highest BCUT2D eigenvalue weighted by atomic mass is 35.5. The van der Waals surface area contributed by atoms with Crippen molar-refractivity contribution in [1.29, 1.82) is 5.41 Å². The van der Waals surface area contributed by atoms with Crippen LogP contribution in [0.3, 0.4) is 0 Å². The SMILES string of the molecule is CN1C=C(Cl)C=CC1N/C(O)=C1/CN(Cc2ccccc2)CCC1=N. The van der Waals surface area contributed by atoms with E-state index in [0.717, 1.165) is 13.1 Å². The van der Waals surface area contributed by atoms with Gasteiger partial charge in [-0.15, -0.1) is 0 Å². The van der Waals surface area contributed by atoms with Crippen molar-refractivity contribution in [3.8, 4) is 0 Å². The summed E-state index contributed by atoms with van der Waals surface area (Å²) in [6.07, 6.45) is 5.92. The number of piperidine rings is 1. The van der Waals surface area contributed by atoms with Gasteiger partial charge in [0.05, 0.1) is 5.03 Å². The maximum absolute atomic E-state index is 10.6. The van der Waals surface area contributed by atoms with E-state index in [9.17, 15) is 5.11 Å². The smallest absolute Gasteiger partial charge is 0.192 e. The van der Waals surface area contributed by atoms with Gasteiger partial charge in [0.25, 0.3) is 0 Å². The lowest BCUT2D eigenvalue weighted by molar-refractivity contribution is 0.254. The third kappa shape index (κ3) is 4.44. The van der Waals surface area contributed by atoms with Crippen LogP contribution in [0.15, 0.2) is 65.2 Å². The van der Waals surface area contributed by atoms with Crippen LogP contribution >= 0.6 is 11.6 Å². The maximum atomic E-state index is 10.6. The fourth-order valence-electron chi connectivity index (χ4n) is 3.03. The van der Waals surface area contributed by atoms with E-state index >= 15 is 0 Å². The summed E-state index contributed by atoms with van der Waals surface area (Å²) in [5.74, 6) is 0.0654. The molecule has 0 saturated carbocycles. The molecule has 0 radical (unpaired) electrons. The van der Waals surface area contributed by atoms with E-state index in [0.29, 0.717) is 29.3 Å². The number of aliphatic hydroxyl groups excluding tert-OH is 1. The summed E-state index contributed by atoms with van der Waals surface area (Å²) in [7, 11) is 1.88. The molecule has 2 aliphatic rings. The number of nitrogens with zero attached hydrogens (tertiary/aromatic N) is 2. The minimum Gasteiger partial charge on any atom is -0.494 e. The van der Waals surface area contributed by atoms with Gasteiger partial charge in [-0.2, -0.15) is 0 Å². The van der Waals surface area contributed by atoms with E-state index in [2.05, 4.69) is 22.3 Å². The highest BCUT2D eigenvalue weighted by Gasteiger charge is 2.24. The number of rotatable bonds is 4. The number of likely N-dealkylation sites (tertiary alicyclic amines) is 1. The third-order valence-corrected chi connectivity index (χ3v) is 4.67. The Bertz CT molecular complexity index is 726. The van der Waals surface area contributed by atoms with Gasteiger partial charge in [-0.1, -0.05) is 41.9 Å². The first-order valence-corrected chi connectivity index (χ1v) is 8.71. The van der Waals surface area contributed by atoms with Crippen LogP contribution < -0.4 is 5.32 Å². The molecule has 1 saturated heterocycles. The number of likely N-dealkylation sites (N-methyl/N-ethyl adjacent to an activating group) is 1. The molecule has 3 N–H and O–H groups in total. The van der Waals surface area contributed by atoms with Crippen molar-refractivity contribution >= 4 is 17.3 Å². The van der Waals surface area contributed by atoms with Gasteiger partial charge in [-0.3, -0.25) is 4.90 Å². The second-order valence-electron chi connectivity index (χ2n) is 6.38. The number of hydrogen-bond donors (Lipinski definition) is 3. The summed E-state index contributed by atoms with van der Waals surface area (Å²) in [5.41, 5.74) is 2.38. The monoisotopic (exact) mass is 358 g/mol. The lowest BCUT2D eigenvalue weighted by Crippen LogP contribution is -2.43. The lowest BCUT2D eigenvalue weighted by Gasteiger charge is -2.32. The Labute approximate surface area is 153 Å². The second-order valence-corrected chi connectivity index (χ2v) is 6.82. The Hall–Kier alpha value is -2.24. The summed E-state index contributed by atoms with van der Waals surface area (Å²) >= 11 is 5.97. The van der Waals surface area contributed by atoms with Crippen molar-refractivity contribution in [2.24, 2.45) is 0 Å². The van der Waals surface area contributed by atoms with Crippen LogP contribution in [0.1, 0.15) is 12.0 Å². The van der Waals surface area contributed by atoms with E-state index in [-0.39, 0.29) is 12.0 Å². The quantitative estimate of drug-likeness (QED) is 0.723. The van der Waals surface area contributed by atoms with Crippen molar-refractivity contribution < 1.29 is 5.11 Å². The van der Waals surface area contributed by atoms with Crippen LogP contribution in [-0.4, -0.2) is 46.9 Å². The fourth-order valence-corrected chi connectivity index (χ4v) is 3.25. The second kappa shape index (κ2) is 7.76. The Morgan fingerprint density at radius 1 is 1.36 bits per heavy atom. The Morgan fingerprint density at radius 2 is 2.12 bits per heavy atom. The van der Waals surface area contributed by atoms with Crippen molar-refractivity contribution in [3.05, 3.63) is 70.7 Å². The minimum atomic E-state index is -0.188. The van der Waals surface area contributed by atoms with Crippen LogP contribution in [0.5, 0.6) is 0 Å². The average Bonchev–Trinajstić information content (AvgIpc) is 2.60. The van der Waals surface area contributed by atoms with Gasteiger partial charge in [0, 0.05) is 50.6 Å². The number of hydrogen-bond acceptors (Lipinski definition) is 5. The number of aliphatic hydroxyl groups is 1. The summed E-state index contributed by atoms with van der Waals surface area (Å²) in [6.45, 7) is 2.20. The Morgan fingerprint density at radius 3 is 2.84 bits per heavy atom. The van der Waals surface area contributed by atoms with Gasteiger partial charge >= 0.3 is 0 Å². The highest BCUT2D eigenvalue weighted by Crippen LogP contribution is 2.19. The van der Waals surface area contributed by atoms with Crippen molar-refractivity contribution in [2.75, 3.05) is 20.1 Å². The molecule has 0 bridgehead atoms. The molecule has 2 heterocycles. The molecule has 0 amide bonds. The molecule has 1 unspecified atom stereocenters. The number of benzene rings is 1. The predicted molar refractivity (Wildman–Crippen MR) is 101 cm³/mol. The van der Waals surface area contributed by atoms with Crippen LogP contribution in [-0.2, 0) is 6.54 Å². The molecule has 2 aliphatic heterocycles. The first-order chi connectivity index (χ1) is 12.0. The van der Waals surface area contributed by atoms with Crippen LogP contribution in [0.25, 0.3) is 0 Å². The molecular formula is C19H23ClN4O. The van der Waals surface area contributed by atoms with E-state index < -0.39 is 0 Å². The van der Waals surface area contributed by atoms with Gasteiger partial charge in [0.1, 0.15) is 6.17 Å². The topological polar surface area (TPSA) is 62.6 Å². The standard InChI is InChI=1S/C19H23ClN4O/c1-23-12-15(20)7-8-18(23)22-19(25)16-13-24(10-9-17(16)21)11-14-5-3-2-4-6-14/h2-8,12,18,21-22,25H,9-11,13H2,1H3/b19-16+,21-17?. The van der Waals surface area contributed by atoms with Gasteiger partial charge < -0.3 is 20.7 Å². The first kappa shape index (κ1) is 17.6. The Balaban J connectivity index is 1.69. The van der Waals surface area contributed by atoms with Crippen molar-refractivity contribution in [3.63, 3.8) is 0 Å². The average molecular weight is 359 g/mol. The summed E-state index contributed by atoms with van der Waals surface area (Å²) in [6, 6.07) is 10.3. The molecule has 1 atom stereocenters. The molecule has 0 spiro atoms. The van der Waals surface area contributed by atoms with E-state index in [1.165, 1.54) is 5.56 Å². The normalized spacial score (nSPS) is 23.4. The summed E-state index contributed by atoms with van der Waals surface area (Å²) in [5, 5.41) is 22.5. The molecule has 0 aromatic heterocycles. The van der Waals surface area contributed by atoms with E-state index in [4.69, 9.17) is 17.0 Å². The van der Waals surface area contributed by atoms with E-state index in [1.54, 1.807) is 12.3 Å². The molecule has 1 fully saturated rings. The molecular weight excluding hydrogens is 336 g/mol. The molecule has 25 heavy (non-hydrogen) atoms. The van der Waals surface area contributed by atoms with Gasteiger partial charge in [-0.05, 0) is 17.7 Å². The lowest BCUT2D eigenvalue weighted by atomic mass is 10.0. The largest absolute Gasteiger partial charge is 0.494 e. The maximum Gasteiger partial charge on any atom is 0.192 e. The number of halogens is 1. The zero-order chi connectivity index (χ0) is 17.8. The summed E-state index contributed by atoms with van der Waals surface area (Å²) < 4.78 is 0. The zero-order valence-electron chi connectivity index (χ0n) is 14.2. The van der Waals surface area contributed by atoms with Crippen LogP contribution in [0.2, 0.25) is 0 Å². The van der Waals surface area contributed by atoms with Crippen molar-refractivity contribution in [2.45, 2.75) is 19.1 Å². The van der Waals surface area contributed by atoms with E-state index in [1.807, 2.05) is 36.2 Å². The highest BCUT2D eigenvalue weighted by molar-refractivity contribution is 6.31. The van der Waals surface area contributed by atoms with Gasteiger partial charge in [0.15, 0.2) is 5.88 Å². The van der Waals surface area contributed by atoms with Gasteiger partial charge in [-0.25, -0.2) is 0 Å². The molecule has 1 aromatic rings. The molecule has 1 aromatic carbocycles.